The number of likely N-dealkylation sites (tertiary alicyclic amines) is 1. The third kappa shape index (κ3) is 5.78. The Morgan fingerprint density at radius 2 is 1.96 bits per heavy atom. The molecule has 2 rings (SSSR count). The summed E-state index contributed by atoms with van der Waals surface area (Å²) in [5.41, 5.74) is 1.08. The van der Waals surface area contributed by atoms with Crippen LogP contribution in [0.4, 0.5) is 4.39 Å². The van der Waals surface area contributed by atoms with Crippen molar-refractivity contribution in [2.75, 3.05) is 40.3 Å². The van der Waals surface area contributed by atoms with Crippen LogP contribution in [-0.2, 0) is 6.54 Å². The number of halogens is 1. The van der Waals surface area contributed by atoms with Crippen LogP contribution < -0.4 is 5.32 Å². The van der Waals surface area contributed by atoms with Gasteiger partial charge in [0.15, 0.2) is 5.96 Å². The lowest BCUT2D eigenvalue weighted by atomic mass is 9.93. The van der Waals surface area contributed by atoms with E-state index in [1.165, 1.54) is 51.0 Å². The van der Waals surface area contributed by atoms with Gasteiger partial charge in [0.1, 0.15) is 5.82 Å². The SMILES string of the molecule is CCN1CCC(CCNC(=NC)N(C)Cc2ccc(F)cc2)CC1. The molecule has 0 aliphatic carbocycles. The first-order valence-corrected chi connectivity index (χ1v) is 9.01. The minimum Gasteiger partial charge on any atom is -0.356 e. The molecule has 0 aromatic heterocycles. The van der Waals surface area contributed by atoms with Crippen molar-refractivity contribution in [3.8, 4) is 0 Å². The highest BCUT2D eigenvalue weighted by Gasteiger charge is 2.17. The zero-order valence-corrected chi connectivity index (χ0v) is 15.3. The second kappa shape index (κ2) is 9.62. The summed E-state index contributed by atoms with van der Waals surface area (Å²) in [6.07, 6.45) is 3.81. The van der Waals surface area contributed by atoms with Crippen LogP contribution in [0.25, 0.3) is 0 Å². The quantitative estimate of drug-likeness (QED) is 0.641. The third-order valence-corrected chi connectivity index (χ3v) is 4.90. The highest BCUT2D eigenvalue weighted by Crippen LogP contribution is 2.19. The summed E-state index contributed by atoms with van der Waals surface area (Å²) < 4.78 is 13.0. The highest BCUT2D eigenvalue weighted by molar-refractivity contribution is 5.79. The molecule has 0 saturated carbocycles. The first-order valence-electron chi connectivity index (χ1n) is 9.01. The van der Waals surface area contributed by atoms with E-state index in [9.17, 15) is 4.39 Å². The van der Waals surface area contributed by atoms with Crippen molar-refractivity contribution in [1.82, 2.24) is 15.1 Å². The van der Waals surface area contributed by atoms with Crippen LogP contribution in [0.5, 0.6) is 0 Å². The third-order valence-electron chi connectivity index (χ3n) is 4.90. The van der Waals surface area contributed by atoms with Crippen molar-refractivity contribution >= 4 is 5.96 Å². The van der Waals surface area contributed by atoms with Gasteiger partial charge in [-0.15, -0.1) is 0 Å². The van der Waals surface area contributed by atoms with E-state index in [1.54, 1.807) is 0 Å². The maximum absolute atomic E-state index is 13.0. The van der Waals surface area contributed by atoms with Gasteiger partial charge in [-0.1, -0.05) is 19.1 Å². The molecule has 0 atom stereocenters. The normalized spacial score (nSPS) is 17.1. The summed E-state index contributed by atoms with van der Waals surface area (Å²) >= 11 is 0. The van der Waals surface area contributed by atoms with E-state index in [2.05, 4.69) is 27.0 Å². The van der Waals surface area contributed by atoms with Gasteiger partial charge in [-0.2, -0.15) is 0 Å². The van der Waals surface area contributed by atoms with Gasteiger partial charge in [-0.05, 0) is 62.5 Å². The minimum absolute atomic E-state index is 0.196. The fraction of sp³-hybridized carbons (Fsp3) is 0.632. The zero-order valence-electron chi connectivity index (χ0n) is 15.3. The molecule has 0 amide bonds. The summed E-state index contributed by atoms with van der Waals surface area (Å²) in [5, 5.41) is 3.46. The number of benzene rings is 1. The molecule has 5 heteroatoms. The molecule has 0 bridgehead atoms. The first-order chi connectivity index (χ1) is 11.6. The number of aliphatic imine (C=N–C) groups is 1. The van der Waals surface area contributed by atoms with E-state index in [4.69, 9.17) is 0 Å². The van der Waals surface area contributed by atoms with E-state index >= 15 is 0 Å². The Balaban J connectivity index is 1.72. The highest BCUT2D eigenvalue weighted by atomic mass is 19.1. The molecule has 1 aliphatic rings. The lowest BCUT2D eigenvalue weighted by Gasteiger charge is -2.31. The van der Waals surface area contributed by atoms with Crippen molar-refractivity contribution in [2.45, 2.75) is 32.7 Å². The predicted molar refractivity (Wildman–Crippen MR) is 98.7 cm³/mol. The van der Waals surface area contributed by atoms with Gasteiger partial charge in [0.05, 0.1) is 0 Å². The summed E-state index contributed by atoms with van der Waals surface area (Å²) in [5.74, 6) is 1.52. The summed E-state index contributed by atoms with van der Waals surface area (Å²) in [6, 6.07) is 6.64. The molecule has 1 aromatic carbocycles. The number of nitrogens with zero attached hydrogens (tertiary/aromatic N) is 3. The minimum atomic E-state index is -0.196. The molecule has 1 fully saturated rings. The topological polar surface area (TPSA) is 30.9 Å². The molecule has 0 radical (unpaired) electrons. The molecular weight excluding hydrogens is 303 g/mol. The standard InChI is InChI=1S/C19H31FN4/c1-4-24-13-10-16(11-14-24)9-12-22-19(21-2)23(3)15-17-5-7-18(20)8-6-17/h5-8,16H,4,9-15H2,1-3H3,(H,21,22). The van der Waals surface area contributed by atoms with Crippen LogP contribution in [-0.4, -0.2) is 56.0 Å². The monoisotopic (exact) mass is 334 g/mol. The first kappa shape index (κ1) is 18.7. The largest absolute Gasteiger partial charge is 0.356 e. The molecule has 24 heavy (non-hydrogen) atoms. The molecule has 1 saturated heterocycles. The summed E-state index contributed by atoms with van der Waals surface area (Å²) in [6.45, 7) is 7.56. The zero-order chi connectivity index (χ0) is 17.4. The Kier molecular flexibility index (Phi) is 7.50. The van der Waals surface area contributed by atoms with Gasteiger partial charge in [0.2, 0.25) is 0 Å². The van der Waals surface area contributed by atoms with Crippen LogP contribution in [0.3, 0.4) is 0 Å². The average Bonchev–Trinajstić information content (AvgIpc) is 2.61. The van der Waals surface area contributed by atoms with Crippen LogP contribution in [0.15, 0.2) is 29.3 Å². The molecule has 134 valence electrons. The van der Waals surface area contributed by atoms with Crippen LogP contribution in [0, 0.1) is 11.7 Å². The van der Waals surface area contributed by atoms with E-state index in [0.29, 0.717) is 0 Å². The Morgan fingerprint density at radius 3 is 2.54 bits per heavy atom. The maximum atomic E-state index is 13.0. The van der Waals surface area contributed by atoms with Gasteiger partial charge >= 0.3 is 0 Å². The second-order valence-corrected chi connectivity index (χ2v) is 6.62. The molecule has 4 nitrogen and oxygen atoms in total. The van der Waals surface area contributed by atoms with Crippen molar-refractivity contribution < 1.29 is 4.39 Å². The fourth-order valence-corrected chi connectivity index (χ4v) is 3.30. The van der Waals surface area contributed by atoms with E-state index in [1.807, 2.05) is 26.2 Å². The fourth-order valence-electron chi connectivity index (χ4n) is 3.30. The van der Waals surface area contributed by atoms with Crippen molar-refractivity contribution in [3.05, 3.63) is 35.6 Å². The number of rotatable bonds is 6. The predicted octanol–water partition coefficient (Wildman–Crippen LogP) is 2.95. The number of hydrogen-bond acceptors (Lipinski definition) is 2. The Morgan fingerprint density at radius 1 is 1.29 bits per heavy atom. The Bertz CT molecular complexity index is 507. The van der Waals surface area contributed by atoms with Gasteiger partial charge in [0.25, 0.3) is 0 Å². The number of hydrogen-bond donors (Lipinski definition) is 1. The molecule has 0 spiro atoms. The number of nitrogens with one attached hydrogen (secondary N) is 1. The number of piperidine rings is 1. The maximum Gasteiger partial charge on any atom is 0.193 e. The van der Waals surface area contributed by atoms with E-state index in [-0.39, 0.29) is 5.82 Å². The van der Waals surface area contributed by atoms with Crippen molar-refractivity contribution in [1.29, 1.82) is 0 Å². The van der Waals surface area contributed by atoms with Crippen LogP contribution in [0.2, 0.25) is 0 Å². The smallest absolute Gasteiger partial charge is 0.193 e. The summed E-state index contributed by atoms with van der Waals surface area (Å²) in [4.78, 5) is 8.96. The summed E-state index contributed by atoms with van der Waals surface area (Å²) in [7, 11) is 3.82. The van der Waals surface area contributed by atoms with Gasteiger partial charge < -0.3 is 15.1 Å². The van der Waals surface area contributed by atoms with Gasteiger partial charge in [-0.3, -0.25) is 4.99 Å². The van der Waals surface area contributed by atoms with Crippen LogP contribution >= 0.6 is 0 Å². The Labute approximate surface area is 145 Å². The van der Waals surface area contributed by atoms with Gasteiger partial charge in [-0.25, -0.2) is 4.39 Å². The lowest BCUT2D eigenvalue weighted by Crippen LogP contribution is -2.40. The van der Waals surface area contributed by atoms with Crippen molar-refractivity contribution in [3.63, 3.8) is 0 Å². The molecule has 1 N–H and O–H groups in total. The van der Waals surface area contributed by atoms with E-state index in [0.717, 1.165) is 30.5 Å². The molecule has 1 aliphatic heterocycles. The van der Waals surface area contributed by atoms with Gasteiger partial charge in [0, 0.05) is 27.2 Å². The number of guanidine groups is 1. The molecule has 1 heterocycles. The average molecular weight is 334 g/mol. The van der Waals surface area contributed by atoms with E-state index < -0.39 is 0 Å². The second-order valence-electron chi connectivity index (χ2n) is 6.62. The Hall–Kier alpha value is -1.62. The van der Waals surface area contributed by atoms with Crippen LogP contribution in [0.1, 0.15) is 31.7 Å². The lowest BCUT2D eigenvalue weighted by molar-refractivity contribution is 0.187. The molecule has 0 unspecified atom stereocenters. The molecule has 1 aromatic rings. The molecular formula is C19H31FN4. The van der Waals surface area contributed by atoms with Crippen molar-refractivity contribution in [2.24, 2.45) is 10.9 Å².